The zero-order valence-corrected chi connectivity index (χ0v) is 15.0. The molecule has 2 aromatic carbocycles. The lowest BCUT2D eigenvalue weighted by molar-refractivity contribution is -0.146. The lowest BCUT2D eigenvalue weighted by Crippen LogP contribution is -2.31. The molecule has 0 aromatic heterocycles. The van der Waals surface area contributed by atoms with Crippen LogP contribution in [0.1, 0.15) is 24.0 Å². The zero-order chi connectivity index (χ0) is 18.0. The van der Waals surface area contributed by atoms with Gasteiger partial charge in [-0.2, -0.15) is 0 Å². The molecule has 26 heavy (non-hydrogen) atoms. The highest BCUT2D eigenvalue weighted by Gasteiger charge is 2.55. The first-order chi connectivity index (χ1) is 12.7. The van der Waals surface area contributed by atoms with Crippen molar-refractivity contribution in [1.29, 1.82) is 0 Å². The molecule has 2 unspecified atom stereocenters. The number of nitrogens with one attached hydrogen (secondary N) is 1. The van der Waals surface area contributed by atoms with Crippen molar-refractivity contribution in [3.8, 4) is 0 Å². The van der Waals surface area contributed by atoms with Crippen molar-refractivity contribution in [2.45, 2.75) is 25.7 Å². The number of ether oxygens (including phenoxy) is 1. The van der Waals surface area contributed by atoms with Gasteiger partial charge in [-0.05, 0) is 48.9 Å². The van der Waals surface area contributed by atoms with Gasteiger partial charge in [0.2, 0.25) is 0 Å². The van der Waals surface area contributed by atoms with E-state index in [2.05, 4.69) is 60.4 Å². The summed E-state index contributed by atoms with van der Waals surface area (Å²) in [4.78, 5) is 12.4. The number of carbonyl (C=O) groups is 1. The van der Waals surface area contributed by atoms with E-state index in [9.17, 15) is 4.79 Å². The molecular formula is C23H25NO2. The molecule has 4 rings (SSSR count). The molecule has 2 fully saturated rings. The Morgan fingerprint density at radius 2 is 1.85 bits per heavy atom. The summed E-state index contributed by atoms with van der Waals surface area (Å²) in [6.45, 7) is 5.57. The van der Waals surface area contributed by atoms with Crippen molar-refractivity contribution in [2.75, 3.05) is 18.5 Å². The van der Waals surface area contributed by atoms with Crippen LogP contribution in [0.5, 0.6) is 0 Å². The maximum absolute atomic E-state index is 12.4. The third-order valence-electron chi connectivity index (χ3n) is 5.76. The van der Waals surface area contributed by atoms with Gasteiger partial charge in [0.15, 0.2) is 0 Å². The average Bonchev–Trinajstić information content (AvgIpc) is 3.12. The molecule has 3 heteroatoms. The van der Waals surface area contributed by atoms with Crippen LogP contribution in [0.3, 0.4) is 0 Å². The highest BCUT2D eigenvalue weighted by Crippen LogP contribution is 2.52. The van der Waals surface area contributed by atoms with Crippen molar-refractivity contribution >= 4 is 11.7 Å². The molecule has 0 bridgehead atoms. The third-order valence-corrected chi connectivity index (χ3v) is 5.76. The van der Waals surface area contributed by atoms with Crippen LogP contribution in [0.2, 0.25) is 0 Å². The van der Waals surface area contributed by atoms with E-state index in [1.54, 1.807) is 0 Å². The average molecular weight is 347 g/mol. The fraction of sp³-hybridized carbons (Fsp3) is 0.348. The van der Waals surface area contributed by atoms with E-state index in [0.717, 1.165) is 37.9 Å². The summed E-state index contributed by atoms with van der Waals surface area (Å²) in [5.41, 5.74) is 4.45. The largest absolute Gasteiger partial charge is 0.465 e. The van der Waals surface area contributed by atoms with E-state index in [-0.39, 0.29) is 11.4 Å². The van der Waals surface area contributed by atoms with Gasteiger partial charge in [0.1, 0.15) is 0 Å². The molecule has 0 spiro atoms. The Balaban J connectivity index is 1.37. The molecule has 2 atom stereocenters. The molecule has 1 aliphatic heterocycles. The fourth-order valence-corrected chi connectivity index (χ4v) is 4.36. The van der Waals surface area contributed by atoms with Gasteiger partial charge in [0.05, 0.1) is 12.0 Å². The molecule has 134 valence electrons. The van der Waals surface area contributed by atoms with Gasteiger partial charge in [-0.25, -0.2) is 0 Å². The second kappa shape index (κ2) is 6.99. The van der Waals surface area contributed by atoms with Crippen molar-refractivity contribution in [3.05, 3.63) is 77.9 Å². The second-order valence-corrected chi connectivity index (χ2v) is 7.62. The molecule has 0 radical (unpaired) electrons. The predicted octanol–water partition coefficient (Wildman–Crippen LogP) is 4.39. The first kappa shape index (κ1) is 16.9. The van der Waals surface area contributed by atoms with Crippen molar-refractivity contribution in [3.63, 3.8) is 0 Å². The van der Waals surface area contributed by atoms with Crippen LogP contribution in [-0.2, 0) is 22.4 Å². The number of esters is 1. The highest BCUT2D eigenvalue weighted by molar-refractivity contribution is 5.81. The fourth-order valence-electron chi connectivity index (χ4n) is 4.36. The number of allylic oxidation sites excluding steroid dienone is 1. The Hall–Kier alpha value is -2.55. The van der Waals surface area contributed by atoms with Crippen LogP contribution in [0, 0.1) is 11.3 Å². The highest BCUT2D eigenvalue weighted by atomic mass is 16.5. The summed E-state index contributed by atoms with van der Waals surface area (Å²) in [5, 5.41) is 3.47. The number of carbonyl (C=O) groups excluding carboxylic acids is 1. The SMILES string of the molecule is C=C1CC2COC(=O)C2(Cc2ccc(NCCc3ccccc3)cc2)C1. The van der Waals surface area contributed by atoms with E-state index in [1.165, 1.54) is 16.7 Å². The minimum atomic E-state index is -0.376. The molecular weight excluding hydrogens is 322 g/mol. The quantitative estimate of drug-likeness (QED) is 0.622. The minimum Gasteiger partial charge on any atom is -0.465 e. The lowest BCUT2D eigenvalue weighted by atomic mass is 9.75. The van der Waals surface area contributed by atoms with Gasteiger partial charge in [-0.3, -0.25) is 4.79 Å². The summed E-state index contributed by atoms with van der Waals surface area (Å²) < 4.78 is 5.37. The zero-order valence-electron chi connectivity index (χ0n) is 15.0. The summed E-state index contributed by atoms with van der Waals surface area (Å²) in [6, 6.07) is 19.0. The summed E-state index contributed by atoms with van der Waals surface area (Å²) in [6.07, 6.45) is 3.44. The maximum atomic E-state index is 12.4. The molecule has 3 nitrogen and oxygen atoms in total. The molecule has 1 aliphatic carbocycles. The predicted molar refractivity (Wildman–Crippen MR) is 104 cm³/mol. The van der Waals surface area contributed by atoms with E-state index in [1.807, 2.05) is 6.07 Å². The summed E-state index contributed by atoms with van der Waals surface area (Å²) in [5.74, 6) is 0.261. The molecule has 1 heterocycles. The molecule has 2 aromatic rings. The number of hydrogen-bond donors (Lipinski definition) is 1. The van der Waals surface area contributed by atoms with Gasteiger partial charge >= 0.3 is 5.97 Å². The normalized spacial score (nSPS) is 24.4. The van der Waals surface area contributed by atoms with Gasteiger partial charge in [-0.1, -0.05) is 54.6 Å². The van der Waals surface area contributed by atoms with Crippen LogP contribution in [0.4, 0.5) is 5.69 Å². The number of rotatable bonds is 6. The van der Waals surface area contributed by atoms with E-state index in [0.29, 0.717) is 12.5 Å². The Labute approximate surface area is 155 Å². The molecule has 1 saturated heterocycles. The Morgan fingerprint density at radius 3 is 2.62 bits per heavy atom. The standard InChI is InChI=1S/C23H25NO2/c1-17-13-20-16-26-22(25)23(20,14-17)15-19-7-9-21(10-8-19)24-12-11-18-5-3-2-4-6-18/h2-10,20,24H,1,11-16H2. The molecule has 1 N–H and O–H groups in total. The van der Waals surface area contributed by atoms with Crippen LogP contribution < -0.4 is 5.32 Å². The van der Waals surface area contributed by atoms with Crippen LogP contribution in [0.25, 0.3) is 0 Å². The number of anilines is 1. The topological polar surface area (TPSA) is 38.3 Å². The molecule has 1 saturated carbocycles. The molecule has 0 amide bonds. The Bertz CT molecular complexity index is 797. The van der Waals surface area contributed by atoms with Gasteiger partial charge in [0.25, 0.3) is 0 Å². The molecule has 2 aliphatic rings. The Morgan fingerprint density at radius 1 is 1.08 bits per heavy atom. The van der Waals surface area contributed by atoms with E-state index in [4.69, 9.17) is 4.74 Å². The van der Waals surface area contributed by atoms with E-state index < -0.39 is 0 Å². The number of fused-ring (bicyclic) bond motifs is 1. The second-order valence-electron chi connectivity index (χ2n) is 7.62. The summed E-state index contributed by atoms with van der Waals surface area (Å²) in [7, 11) is 0. The summed E-state index contributed by atoms with van der Waals surface area (Å²) >= 11 is 0. The van der Waals surface area contributed by atoms with Crippen molar-refractivity contribution < 1.29 is 9.53 Å². The first-order valence-corrected chi connectivity index (χ1v) is 9.36. The number of cyclic esters (lactones) is 1. The van der Waals surface area contributed by atoms with Crippen molar-refractivity contribution in [1.82, 2.24) is 0 Å². The first-order valence-electron chi connectivity index (χ1n) is 9.36. The van der Waals surface area contributed by atoms with Crippen LogP contribution in [-0.4, -0.2) is 19.1 Å². The van der Waals surface area contributed by atoms with Crippen LogP contribution in [0.15, 0.2) is 66.7 Å². The van der Waals surface area contributed by atoms with Gasteiger partial charge in [0, 0.05) is 18.2 Å². The minimum absolute atomic E-state index is 0.0359. The Kier molecular flexibility index (Phi) is 4.54. The van der Waals surface area contributed by atoms with E-state index >= 15 is 0 Å². The lowest BCUT2D eigenvalue weighted by Gasteiger charge is -2.24. The number of benzene rings is 2. The monoisotopic (exact) mass is 347 g/mol. The van der Waals surface area contributed by atoms with Crippen LogP contribution >= 0.6 is 0 Å². The van der Waals surface area contributed by atoms with Gasteiger partial charge < -0.3 is 10.1 Å². The third kappa shape index (κ3) is 3.26. The van der Waals surface area contributed by atoms with Gasteiger partial charge in [-0.15, -0.1) is 0 Å². The van der Waals surface area contributed by atoms with Crippen molar-refractivity contribution in [2.24, 2.45) is 11.3 Å². The maximum Gasteiger partial charge on any atom is 0.313 e. The number of hydrogen-bond acceptors (Lipinski definition) is 3. The smallest absolute Gasteiger partial charge is 0.313 e.